The van der Waals surface area contributed by atoms with Crippen LogP contribution in [0, 0.1) is 12.8 Å². The first-order valence-electron chi connectivity index (χ1n) is 12.6. The number of hydrogen-bond acceptors (Lipinski definition) is 7. The molecule has 2 heterocycles. The standard InChI is InChI=1S/C26H36N6O2S/c1-4-31(5-2)21-8-9-22(18(3)16-21)28-24(33)17-35-25-11-10-23(29-30-25)32-14-12-19(13-15-32)26(34)27-20-6-7-20/h8-11,16,19-20H,4-7,12-15,17H2,1-3H3,(H,27,34)(H,28,33). The average molecular weight is 497 g/mol. The van der Waals surface area contributed by atoms with Crippen LogP contribution in [-0.4, -0.2) is 60.0 Å². The number of aryl methyl sites for hydroxylation is 1. The molecule has 1 saturated carbocycles. The summed E-state index contributed by atoms with van der Waals surface area (Å²) in [6, 6.07) is 10.4. The van der Waals surface area contributed by atoms with Gasteiger partial charge >= 0.3 is 0 Å². The van der Waals surface area contributed by atoms with Crippen molar-refractivity contribution in [3.05, 3.63) is 35.9 Å². The summed E-state index contributed by atoms with van der Waals surface area (Å²) in [5.74, 6) is 1.34. The van der Waals surface area contributed by atoms with Gasteiger partial charge < -0.3 is 20.4 Å². The van der Waals surface area contributed by atoms with Crippen LogP contribution in [0.1, 0.15) is 45.1 Å². The number of benzene rings is 1. The second-order valence-corrected chi connectivity index (χ2v) is 10.3. The smallest absolute Gasteiger partial charge is 0.234 e. The summed E-state index contributed by atoms with van der Waals surface area (Å²) in [5, 5.41) is 15.5. The molecule has 9 heteroatoms. The minimum atomic E-state index is -0.0638. The van der Waals surface area contributed by atoms with Gasteiger partial charge in [-0.1, -0.05) is 11.8 Å². The highest BCUT2D eigenvalue weighted by molar-refractivity contribution is 7.99. The lowest BCUT2D eigenvalue weighted by Crippen LogP contribution is -2.41. The SMILES string of the molecule is CCN(CC)c1ccc(NC(=O)CSc2ccc(N3CCC(C(=O)NC4CC4)CC3)nn2)c(C)c1. The molecule has 1 aromatic carbocycles. The van der Waals surface area contributed by atoms with Crippen molar-refractivity contribution >= 4 is 40.8 Å². The quantitative estimate of drug-likeness (QED) is 0.483. The predicted octanol–water partition coefficient (Wildman–Crippen LogP) is 3.86. The zero-order valence-corrected chi connectivity index (χ0v) is 21.7. The van der Waals surface area contributed by atoms with Crippen LogP contribution in [0.25, 0.3) is 0 Å². The lowest BCUT2D eigenvalue weighted by molar-refractivity contribution is -0.125. The highest BCUT2D eigenvalue weighted by atomic mass is 32.2. The van der Waals surface area contributed by atoms with Gasteiger partial charge in [-0.05, 0) is 82.3 Å². The van der Waals surface area contributed by atoms with Crippen LogP contribution in [-0.2, 0) is 9.59 Å². The van der Waals surface area contributed by atoms with Gasteiger partial charge in [0.25, 0.3) is 0 Å². The summed E-state index contributed by atoms with van der Waals surface area (Å²) in [4.78, 5) is 29.2. The normalized spacial score (nSPS) is 16.1. The Kier molecular flexibility index (Phi) is 8.49. The molecule has 8 nitrogen and oxygen atoms in total. The van der Waals surface area contributed by atoms with E-state index in [9.17, 15) is 9.59 Å². The Morgan fingerprint density at radius 2 is 1.80 bits per heavy atom. The van der Waals surface area contributed by atoms with Gasteiger partial charge in [-0.15, -0.1) is 10.2 Å². The number of aromatic nitrogens is 2. The minimum Gasteiger partial charge on any atom is -0.372 e. The molecule has 2 amide bonds. The van der Waals surface area contributed by atoms with Gasteiger partial charge in [-0.2, -0.15) is 0 Å². The molecule has 1 aliphatic heterocycles. The number of anilines is 3. The van der Waals surface area contributed by atoms with E-state index in [2.05, 4.69) is 56.6 Å². The third kappa shape index (κ3) is 6.87. The van der Waals surface area contributed by atoms with E-state index in [1.165, 1.54) is 17.4 Å². The first kappa shape index (κ1) is 25.3. The van der Waals surface area contributed by atoms with Crippen molar-refractivity contribution in [1.82, 2.24) is 15.5 Å². The molecule has 0 atom stereocenters. The summed E-state index contributed by atoms with van der Waals surface area (Å²) < 4.78 is 0. The average Bonchev–Trinajstić information content (AvgIpc) is 3.69. The summed E-state index contributed by atoms with van der Waals surface area (Å²) in [6.07, 6.45) is 3.92. The molecule has 2 N–H and O–H groups in total. The van der Waals surface area contributed by atoms with E-state index in [1.54, 1.807) is 0 Å². The number of rotatable bonds is 10. The maximum atomic E-state index is 12.5. The van der Waals surface area contributed by atoms with Gasteiger partial charge in [0, 0.05) is 49.5 Å². The summed E-state index contributed by atoms with van der Waals surface area (Å²) in [6.45, 7) is 9.81. The van der Waals surface area contributed by atoms with Crippen molar-refractivity contribution < 1.29 is 9.59 Å². The fourth-order valence-electron chi connectivity index (χ4n) is 4.38. The highest BCUT2D eigenvalue weighted by Gasteiger charge is 2.30. The van der Waals surface area contributed by atoms with Gasteiger partial charge in [-0.25, -0.2) is 0 Å². The Morgan fingerprint density at radius 1 is 1.06 bits per heavy atom. The zero-order chi connectivity index (χ0) is 24.8. The third-order valence-electron chi connectivity index (χ3n) is 6.70. The van der Waals surface area contributed by atoms with Gasteiger partial charge in [-0.3, -0.25) is 9.59 Å². The minimum absolute atomic E-state index is 0.0638. The van der Waals surface area contributed by atoms with Crippen molar-refractivity contribution in [1.29, 1.82) is 0 Å². The molecule has 2 aromatic rings. The molecule has 0 bridgehead atoms. The summed E-state index contributed by atoms with van der Waals surface area (Å²) >= 11 is 1.37. The number of thioether (sulfide) groups is 1. The van der Waals surface area contributed by atoms with E-state index in [0.29, 0.717) is 6.04 Å². The van der Waals surface area contributed by atoms with Crippen LogP contribution in [0.3, 0.4) is 0 Å². The van der Waals surface area contributed by atoms with Crippen LogP contribution in [0.15, 0.2) is 35.4 Å². The van der Waals surface area contributed by atoms with E-state index in [1.807, 2.05) is 25.1 Å². The largest absolute Gasteiger partial charge is 0.372 e. The van der Waals surface area contributed by atoms with Crippen molar-refractivity contribution in [2.75, 3.05) is 47.0 Å². The lowest BCUT2D eigenvalue weighted by Gasteiger charge is -2.31. The Bertz CT molecular complexity index is 1020. The van der Waals surface area contributed by atoms with Crippen LogP contribution < -0.4 is 20.4 Å². The van der Waals surface area contributed by atoms with E-state index < -0.39 is 0 Å². The second-order valence-electron chi connectivity index (χ2n) is 9.28. The summed E-state index contributed by atoms with van der Waals surface area (Å²) in [5.41, 5.74) is 3.05. The Labute approximate surface area is 212 Å². The van der Waals surface area contributed by atoms with E-state index in [0.717, 1.165) is 74.0 Å². The van der Waals surface area contributed by atoms with Crippen molar-refractivity contribution in [3.63, 3.8) is 0 Å². The van der Waals surface area contributed by atoms with Crippen LogP contribution in [0.5, 0.6) is 0 Å². The van der Waals surface area contributed by atoms with Gasteiger partial charge in [0.05, 0.1) is 5.75 Å². The Balaban J connectivity index is 1.22. The van der Waals surface area contributed by atoms with Crippen LogP contribution in [0.2, 0.25) is 0 Å². The second kappa shape index (κ2) is 11.7. The molecule has 2 aliphatic rings. The van der Waals surface area contributed by atoms with E-state index in [-0.39, 0.29) is 23.5 Å². The molecule has 0 spiro atoms. The fourth-order valence-corrected chi connectivity index (χ4v) is 4.99. The van der Waals surface area contributed by atoms with E-state index >= 15 is 0 Å². The molecule has 0 radical (unpaired) electrons. The zero-order valence-electron chi connectivity index (χ0n) is 20.9. The molecule has 1 saturated heterocycles. The molecule has 1 aromatic heterocycles. The van der Waals surface area contributed by atoms with Gasteiger partial charge in [0.2, 0.25) is 11.8 Å². The van der Waals surface area contributed by atoms with Crippen LogP contribution >= 0.6 is 11.8 Å². The fraction of sp³-hybridized carbons (Fsp3) is 0.538. The predicted molar refractivity (Wildman–Crippen MR) is 142 cm³/mol. The number of piperidine rings is 1. The molecule has 0 unspecified atom stereocenters. The van der Waals surface area contributed by atoms with E-state index in [4.69, 9.17) is 0 Å². The number of amides is 2. The van der Waals surface area contributed by atoms with Crippen molar-refractivity contribution in [2.45, 2.75) is 57.5 Å². The maximum Gasteiger partial charge on any atom is 0.234 e. The highest BCUT2D eigenvalue weighted by Crippen LogP contribution is 2.26. The van der Waals surface area contributed by atoms with Crippen molar-refractivity contribution in [2.24, 2.45) is 5.92 Å². The van der Waals surface area contributed by atoms with Gasteiger partial charge in [0.1, 0.15) is 5.03 Å². The molecule has 35 heavy (non-hydrogen) atoms. The lowest BCUT2D eigenvalue weighted by atomic mass is 9.96. The first-order valence-corrected chi connectivity index (χ1v) is 13.6. The van der Waals surface area contributed by atoms with Crippen molar-refractivity contribution in [3.8, 4) is 0 Å². The maximum absolute atomic E-state index is 12.5. The van der Waals surface area contributed by atoms with Crippen LogP contribution in [0.4, 0.5) is 17.2 Å². The number of hydrogen-bond donors (Lipinski definition) is 2. The number of nitrogens with zero attached hydrogens (tertiary/aromatic N) is 4. The first-order chi connectivity index (χ1) is 17.0. The number of carbonyl (C=O) groups excluding carboxylic acids is 2. The molecule has 188 valence electrons. The van der Waals surface area contributed by atoms with Gasteiger partial charge in [0.15, 0.2) is 5.82 Å². The monoisotopic (exact) mass is 496 g/mol. The number of nitrogens with one attached hydrogen (secondary N) is 2. The topological polar surface area (TPSA) is 90.5 Å². The molecule has 1 aliphatic carbocycles. The Morgan fingerprint density at radius 3 is 2.40 bits per heavy atom. The molecular formula is C26H36N6O2S. The third-order valence-corrected chi connectivity index (χ3v) is 7.62. The molecule has 2 fully saturated rings. The molecular weight excluding hydrogens is 460 g/mol. The Hall–Kier alpha value is -2.81. The summed E-state index contributed by atoms with van der Waals surface area (Å²) in [7, 11) is 0. The number of carbonyl (C=O) groups is 2. The molecule has 4 rings (SSSR count).